The van der Waals surface area contributed by atoms with Crippen LogP contribution in [0.4, 0.5) is 5.95 Å². The van der Waals surface area contributed by atoms with Gasteiger partial charge in [-0.3, -0.25) is 4.90 Å². The molecule has 0 bridgehead atoms. The average molecular weight is 368 g/mol. The van der Waals surface area contributed by atoms with Crippen LogP contribution in [0.15, 0.2) is 30.5 Å². The molecular weight excluding hydrogens is 344 g/mol. The van der Waals surface area contributed by atoms with Gasteiger partial charge in [0.1, 0.15) is 18.3 Å². The van der Waals surface area contributed by atoms with Crippen LogP contribution in [0.2, 0.25) is 0 Å². The number of fused-ring (bicyclic) bond motifs is 3. The quantitative estimate of drug-likeness (QED) is 0.865. The van der Waals surface area contributed by atoms with Crippen LogP contribution < -0.4 is 15.2 Å². The van der Waals surface area contributed by atoms with E-state index in [0.717, 1.165) is 62.7 Å². The number of benzene rings is 1. The van der Waals surface area contributed by atoms with Crippen molar-refractivity contribution in [1.82, 2.24) is 14.9 Å². The average Bonchev–Trinajstić information content (AvgIpc) is 2.70. The molecule has 1 aromatic heterocycles. The summed E-state index contributed by atoms with van der Waals surface area (Å²) in [5.74, 6) is 1.99. The van der Waals surface area contributed by atoms with Crippen molar-refractivity contribution in [2.24, 2.45) is 0 Å². The van der Waals surface area contributed by atoms with Gasteiger partial charge in [0.15, 0.2) is 11.5 Å². The third-order valence-electron chi connectivity index (χ3n) is 5.76. The number of aromatic nitrogens is 2. The summed E-state index contributed by atoms with van der Waals surface area (Å²) in [5, 5.41) is 0. The predicted molar refractivity (Wildman–Crippen MR) is 99.8 cm³/mol. The fourth-order valence-corrected chi connectivity index (χ4v) is 4.34. The van der Waals surface area contributed by atoms with Crippen LogP contribution in [0, 0.1) is 0 Å². The van der Waals surface area contributed by atoms with E-state index in [2.05, 4.69) is 14.9 Å². The van der Waals surface area contributed by atoms with Gasteiger partial charge < -0.3 is 19.9 Å². The summed E-state index contributed by atoms with van der Waals surface area (Å²) in [4.78, 5) is 11.1. The number of nitrogen functional groups attached to an aromatic ring is 1. The van der Waals surface area contributed by atoms with Crippen LogP contribution in [0.1, 0.15) is 24.1 Å². The van der Waals surface area contributed by atoms with E-state index in [9.17, 15) is 0 Å². The molecule has 3 aliphatic heterocycles. The molecule has 1 saturated heterocycles. The maximum atomic E-state index is 6.24. The number of hydrogen-bond donors (Lipinski definition) is 1. The normalized spacial score (nSPS) is 23.8. The highest BCUT2D eigenvalue weighted by molar-refractivity contribution is 5.40. The molecule has 0 aliphatic carbocycles. The molecule has 0 radical (unpaired) electrons. The van der Waals surface area contributed by atoms with Crippen molar-refractivity contribution < 1.29 is 14.2 Å². The van der Waals surface area contributed by atoms with Crippen molar-refractivity contribution in [3.63, 3.8) is 0 Å². The SMILES string of the molecule is Nc1ncc2c(n1)C1(CCN(CC3COc4ccccc4O3)CC1)OCC2. The molecule has 2 aromatic rings. The molecule has 1 fully saturated rings. The molecule has 0 saturated carbocycles. The molecule has 7 nitrogen and oxygen atoms in total. The molecule has 3 aliphatic rings. The number of para-hydroxylation sites is 2. The number of hydrogen-bond acceptors (Lipinski definition) is 7. The first kappa shape index (κ1) is 16.8. The fraction of sp³-hybridized carbons (Fsp3) is 0.500. The van der Waals surface area contributed by atoms with E-state index in [1.165, 1.54) is 5.56 Å². The number of rotatable bonds is 2. The maximum Gasteiger partial charge on any atom is 0.220 e. The van der Waals surface area contributed by atoms with Crippen molar-refractivity contribution in [2.45, 2.75) is 31.0 Å². The lowest BCUT2D eigenvalue weighted by atomic mass is 9.83. The Hall–Kier alpha value is -2.38. The Labute approximate surface area is 158 Å². The first-order valence-corrected chi connectivity index (χ1v) is 9.58. The Kier molecular flexibility index (Phi) is 4.13. The highest BCUT2D eigenvalue weighted by Gasteiger charge is 2.43. The van der Waals surface area contributed by atoms with Crippen LogP contribution >= 0.6 is 0 Å². The summed E-state index contributed by atoms with van der Waals surface area (Å²) in [5.41, 5.74) is 7.68. The Morgan fingerprint density at radius 2 is 2.00 bits per heavy atom. The van der Waals surface area contributed by atoms with Gasteiger partial charge in [0, 0.05) is 25.8 Å². The standard InChI is InChI=1S/C20H24N4O3/c21-19-22-11-14-5-10-26-20(18(14)23-19)6-8-24(9-7-20)12-15-13-25-16-3-1-2-4-17(16)27-15/h1-4,11,15H,5-10,12-13H2,(H2,21,22,23). The molecule has 1 spiro atoms. The van der Waals surface area contributed by atoms with Gasteiger partial charge in [-0.25, -0.2) is 9.97 Å². The van der Waals surface area contributed by atoms with E-state index in [0.29, 0.717) is 12.6 Å². The van der Waals surface area contributed by atoms with E-state index in [1.807, 2.05) is 30.5 Å². The second-order valence-corrected chi connectivity index (χ2v) is 7.49. The zero-order valence-corrected chi connectivity index (χ0v) is 15.3. The lowest BCUT2D eigenvalue weighted by Crippen LogP contribution is -2.50. The minimum Gasteiger partial charge on any atom is -0.486 e. The Balaban J connectivity index is 1.25. The third kappa shape index (κ3) is 3.11. The van der Waals surface area contributed by atoms with E-state index >= 15 is 0 Å². The van der Waals surface area contributed by atoms with Gasteiger partial charge in [0.2, 0.25) is 5.95 Å². The highest BCUT2D eigenvalue weighted by Crippen LogP contribution is 2.40. The smallest absolute Gasteiger partial charge is 0.220 e. The maximum absolute atomic E-state index is 6.24. The molecule has 2 N–H and O–H groups in total. The van der Waals surface area contributed by atoms with E-state index in [-0.39, 0.29) is 11.7 Å². The summed E-state index contributed by atoms with van der Waals surface area (Å²) in [6.45, 7) is 4.03. The number of nitrogens with zero attached hydrogens (tertiary/aromatic N) is 3. The van der Waals surface area contributed by atoms with Crippen molar-refractivity contribution in [1.29, 1.82) is 0 Å². The summed E-state index contributed by atoms with van der Waals surface area (Å²) in [6, 6.07) is 7.84. The molecule has 1 aromatic carbocycles. The summed E-state index contributed by atoms with van der Waals surface area (Å²) >= 11 is 0. The van der Waals surface area contributed by atoms with Gasteiger partial charge in [-0.2, -0.15) is 0 Å². The number of nitrogens with two attached hydrogens (primary N) is 1. The Bertz CT molecular complexity index is 836. The lowest BCUT2D eigenvalue weighted by molar-refractivity contribution is -0.104. The molecule has 7 heteroatoms. The molecule has 1 atom stereocenters. The minimum atomic E-state index is -0.322. The molecule has 1 unspecified atom stereocenters. The van der Waals surface area contributed by atoms with Crippen LogP contribution in [-0.2, 0) is 16.8 Å². The highest BCUT2D eigenvalue weighted by atomic mass is 16.6. The molecule has 0 amide bonds. The van der Waals surface area contributed by atoms with Gasteiger partial charge in [-0.15, -0.1) is 0 Å². The van der Waals surface area contributed by atoms with Gasteiger partial charge in [0.05, 0.1) is 12.3 Å². The molecular formula is C20H24N4O3. The fourth-order valence-electron chi connectivity index (χ4n) is 4.34. The predicted octanol–water partition coefficient (Wildman–Crippen LogP) is 1.76. The van der Waals surface area contributed by atoms with Gasteiger partial charge in [0.25, 0.3) is 0 Å². The molecule has 5 rings (SSSR count). The van der Waals surface area contributed by atoms with Gasteiger partial charge in [-0.05, 0) is 37.0 Å². The second-order valence-electron chi connectivity index (χ2n) is 7.49. The minimum absolute atomic E-state index is 0.0477. The summed E-state index contributed by atoms with van der Waals surface area (Å²) in [6.07, 6.45) is 4.57. The van der Waals surface area contributed by atoms with Crippen molar-refractivity contribution in [2.75, 3.05) is 38.6 Å². The van der Waals surface area contributed by atoms with Crippen molar-refractivity contribution >= 4 is 5.95 Å². The van der Waals surface area contributed by atoms with Gasteiger partial charge >= 0.3 is 0 Å². The lowest BCUT2D eigenvalue weighted by Gasteiger charge is -2.44. The third-order valence-corrected chi connectivity index (χ3v) is 5.76. The van der Waals surface area contributed by atoms with E-state index in [4.69, 9.17) is 19.9 Å². The van der Waals surface area contributed by atoms with Crippen LogP contribution in [0.5, 0.6) is 11.5 Å². The van der Waals surface area contributed by atoms with Crippen LogP contribution in [-0.4, -0.2) is 53.8 Å². The van der Waals surface area contributed by atoms with Gasteiger partial charge in [-0.1, -0.05) is 12.1 Å². The number of likely N-dealkylation sites (tertiary alicyclic amines) is 1. The topological polar surface area (TPSA) is 82.7 Å². The molecule has 4 heterocycles. The number of anilines is 1. The zero-order chi connectivity index (χ0) is 18.3. The van der Waals surface area contributed by atoms with Crippen LogP contribution in [0.3, 0.4) is 0 Å². The van der Waals surface area contributed by atoms with E-state index in [1.54, 1.807) is 0 Å². The first-order chi connectivity index (χ1) is 13.2. The molecule has 142 valence electrons. The van der Waals surface area contributed by atoms with Crippen molar-refractivity contribution in [3.8, 4) is 11.5 Å². The zero-order valence-electron chi connectivity index (χ0n) is 15.3. The second kappa shape index (κ2) is 6.65. The molecule has 27 heavy (non-hydrogen) atoms. The number of ether oxygens (including phenoxy) is 3. The summed E-state index contributed by atoms with van der Waals surface area (Å²) in [7, 11) is 0. The monoisotopic (exact) mass is 368 g/mol. The van der Waals surface area contributed by atoms with Crippen molar-refractivity contribution in [3.05, 3.63) is 41.7 Å². The first-order valence-electron chi connectivity index (χ1n) is 9.58. The van der Waals surface area contributed by atoms with E-state index < -0.39 is 0 Å². The summed E-state index contributed by atoms with van der Waals surface area (Å²) < 4.78 is 18.2. The Morgan fingerprint density at radius 3 is 2.85 bits per heavy atom. The van der Waals surface area contributed by atoms with Crippen LogP contribution in [0.25, 0.3) is 0 Å². The number of piperidine rings is 1. The Morgan fingerprint density at radius 1 is 1.19 bits per heavy atom. The largest absolute Gasteiger partial charge is 0.486 e.